The molecule has 1 aliphatic heterocycles. The monoisotopic (exact) mass is 475 g/mol. The van der Waals surface area contributed by atoms with Gasteiger partial charge in [-0.15, -0.1) is 0 Å². The summed E-state index contributed by atoms with van der Waals surface area (Å²) < 4.78 is 31.6. The van der Waals surface area contributed by atoms with Crippen LogP contribution in [0.5, 0.6) is 17.2 Å². The van der Waals surface area contributed by atoms with E-state index in [4.69, 9.17) is 14.2 Å². The van der Waals surface area contributed by atoms with Gasteiger partial charge in [-0.2, -0.15) is 0 Å². The van der Waals surface area contributed by atoms with Gasteiger partial charge in [0.05, 0.1) is 12.2 Å². The Labute approximate surface area is 205 Å². The minimum Gasteiger partial charge on any atom is -0.493 e. The molecule has 1 aromatic heterocycles. The Hall–Kier alpha value is -3.41. The van der Waals surface area contributed by atoms with Crippen molar-refractivity contribution in [3.05, 3.63) is 83.4 Å². The van der Waals surface area contributed by atoms with Crippen LogP contribution in [0, 0.1) is 11.7 Å². The minimum absolute atomic E-state index is 0.137. The Morgan fingerprint density at radius 2 is 1.83 bits per heavy atom. The SMILES string of the molecule is O=C(CCCc1ccncc1)c1cc([C@@H]2CCCC[C@H]2COc2ccc3c(c2)OCO3)ccc1F. The molecule has 0 N–H and O–H groups in total. The number of ether oxygens (including phenoxy) is 3. The van der Waals surface area contributed by atoms with Crippen molar-refractivity contribution in [1.29, 1.82) is 0 Å². The Bertz CT molecular complexity index is 1170. The van der Waals surface area contributed by atoms with Crippen LogP contribution < -0.4 is 14.2 Å². The fraction of sp³-hybridized carbons (Fsp3) is 0.379. The largest absolute Gasteiger partial charge is 0.493 e. The van der Waals surface area contributed by atoms with Crippen molar-refractivity contribution in [3.63, 3.8) is 0 Å². The number of ketones is 1. The highest BCUT2D eigenvalue weighted by Crippen LogP contribution is 2.40. The molecule has 0 radical (unpaired) electrons. The lowest BCUT2D eigenvalue weighted by atomic mass is 9.75. The van der Waals surface area contributed by atoms with Crippen LogP contribution in [0.1, 0.15) is 65.9 Å². The lowest BCUT2D eigenvalue weighted by Crippen LogP contribution is -2.24. The molecule has 0 unspecified atom stereocenters. The molecule has 0 bridgehead atoms. The molecule has 2 aromatic carbocycles. The molecule has 35 heavy (non-hydrogen) atoms. The molecule has 3 aromatic rings. The van der Waals surface area contributed by atoms with Gasteiger partial charge in [-0.1, -0.05) is 18.9 Å². The zero-order valence-corrected chi connectivity index (χ0v) is 19.8. The number of aryl methyl sites for hydroxylation is 1. The molecule has 0 saturated heterocycles. The van der Waals surface area contributed by atoms with Crippen molar-refractivity contribution in [3.8, 4) is 17.2 Å². The molecule has 2 heterocycles. The first-order valence-corrected chi connectivity index (χ1v) is 12.4. The predicted molar refractivity (Wildman–Crippen MR) is 131 cm³/mol. The summed E-state index contributed by atoms with van der Waals surface area (Å²) in [5.74, 6) is 2.15. The van der Waals surface area contributed by atoms with E-state index < -0.39 is 5.82 Å². The van der Waals surface area contributed by atoms with Crippen LogP contribution in [0.25, 0.3) is 0 Å². The van der Waals surface area contributed by atoms with Crippen LogP contribution in [0.4, 0.5) is 4.39 Å². The number of aromatic nitrogens is 1. The third-order valence-corrected chi connectivity index (χ3v) is 7.05. The number of nitrogens with zero attached hydrogens (tertiary/aromatic N) is 1. The van der Waals surface area contributed by atoms with Crippen molar-refractivity contribution >= 4 is 5.78 Å². The van der Waals surface area contributed by atoms with Crippen LogP contribution in [0.3, 0.4) is 0 Å². The van der Waals surface area contributed by atoms with Gasteiger partial charge in [0.25, 0.3) is 0 Å². The van der Waals surface area contributed by atoms with Gasteiger partial charge < -0.3 is 14.2 Å². The van der Waals surface area contributed by atoms with Gasteiger partial charge in [0.15, 0.2) is 17.3 Å². The third-order valence-electron chi connectivity index (χ3n) is 7.05. The minimum atomic E-state index is -0.438. The van der Waals surface area contributed by atoms with Crippen LogP contribution in [-0.2, 0) is 6.42 Å². The van der Waals surface area contributed by atoms with Gasteiger partial charge in [0.1, 0.15) is 11.6 Å². The summed E-state index contributed by atoms with van der Waals surface area (Å²) >= 11 is 0. The highest BCUT2D eigenvalue weighted by molar-refractivity contribution is 5.96. The average Bonchev–Trinajstić information content (AvgIpc) is 3.37. The molecular formula is C29H30FNO4. The smallest absolute Gasteiger partial charge is 0.231 e. The number of carbonyl (C=O) groups excluding carboxylic acids is 1. The number of carbonyl (C=O) groups is 1. The second kappa shape index (κ2) is 10.9. The molecule has 182 valence electrons. The van der Waals surface area contributed by atoms with E-state index in [0.717, 1.165) is 54.7 Å². The number of rotatable bonds is 9. The number of hydrogen-bond acceptors (Lipinski definition) is 5. The summed E-state index contributed by atoms with van der Waals surface area (Å²) in [6, 6.07) is 14.6. The van der Waals surface area contributed by atoms with E-state index in [1.165, 1.54) is 6.07 Å². The Balaban J connectivity index is 1.24. The molecule has 2 atom stereocenters. The van der Waals surface area contributed by atoms with E-state index in [9.17, 15) is 9.18 Å². The average molecular weight is 476 g/mol. The van der Waals surface area contributed by atoms with E-state index in [0.29, 0.717) is 31.1 Å². The second-order valence-electron chi connectivity index (χ2n) is 9.35. The molecule has 5 rings (SSSR count). The summed E-state index contributed by atoms with van der Waals surface area (Å²) in [6.07, 6.45) is 9.60. The molecule has 5 nitrogen and oxygen atoms in total. The van der Waals surface area contributed by atoms with Crippen molar-refractivity contribution in [2.75, 3.05) is 13.4 Å². The number of halogens is 1. The Morgan fingerprint density at radius 3 is 2.71 bits per heavy atom. The summed E-state index contributed by atoms with van der Waals surface area (Å²) in [7, 11) is 0. The van der Waals surface area contributed by atoms with Crippen molar-refractivity contribution < 1.29 is 23.4 Å². The first kappa shape index (κ1) is 23.3. The predicted octanol–water partition coefficient (Wildman–Crippen LogP) is 6.51. The summed E-state index contributed by atoms with van der Waals surface area (Å²) in [6.45, 7) is 0.801. The van der Waals surface area contributed by atoms with Gasteiger partial charge in [-0.05, 0) is 85.0 Å². The van der Waals surface area contributed by atoms with Crippen LogP contribution >= 0.6 is 0 Å². The van der Waals surface area contributed by atoms with Gasteiger partial charge in [0, 0.05) is 24.9 Å². The summed E-state index contributed by atoms with van der Waals surface area (Å²) in [5, 5.41) is 0. The topological polar surface area (TPSA) is 57.7 Å². The molecule has 0 amide bonds. The molecule has 6 heteroatoms. The Morgan fingerprint density at radius 1 is 1.00 bits per heavy atom. The van der Waals surface area contributed by atoms with Gasteiger partial charge >= 0.3 is 0 Å². The summed E-state index contributed by atoms with van der Waals surface area (Å²) in [4.78, 5) is 16.9. The lowest BCUT2D eigenvalue weighted by molar-refractivity contribution is 0.0976. The number of hydrogen-bond donors (Lipinski definition) is 0. The molecule has 1 aliphatic carbocycles. The number of Topliss-reactive ketones (excluding diaryl/α,β-unsaturated/α-hetero) is 1. The normalized spacial score (nSPS) is 18.9. The first-order chi connectivity index (χ1) is 17.2. The second-order valence-corrected chi connectivity index (χ2v) is 9.35. The van der Waals surface area contributed by atoms with Crippen molar-refractivity contribution in [1.82, 2.24) is 4.98 Å². The number of benzene rings is 2. The fourth-order valence-electron chi connectivity index (χ4n) is 5.14. The maximum atomic E-state index is 14.6. The van der Waals surface area contributed by atoms with Crippen LogP contribution in [0.2, 0.25) is 0 Å². The van der Waals surface area contributed by atoms with E-state index in [-0.39, 0.29) is 24.1 Å². The van der Waals surface area contributed by atoms with Gasteiger partial charge in [-0.3, -0.25) is 9.78 Å². The maximum Gasteiger partial charge on any atom is 0.231 e. The van der Waals surface area contributed by atoms with E-state index in [1.807, 2.05) is 36.4 Å². The van der Waals surface area contributed by atoms with Crippen LogP contribution in [-0.4, -0.2) is 24.2 Å². The van der Waals surface area contributed by atoms with Crippen molar-refractivity contribution in [2.45, 2.75) is 50.9 Å². The number of fused-ring (bicyclic) bond motifs is 1. The molecular weight excluding hydrogens is 445 g/mol. The Kier molecular flexibility index (Phi) is 7.26. The number of pyridine rings is 1. The van der Waals surface area contributed by atoms with Crippen LogP contribution in [0.15, 0.2) is 60.9 Å². The van der Waals surface area contributed by atoms with E-state index in [2.05, 4.69) is 4.98 Å². The highest BCUT2D eigenvalue weighted by atomic mass is 19.1. The fourth-order valence-corrected chi connectivity index (χ4v) is 5.14. The third kappa shape index (κ3) is 5.64. The lowest BCUT2D eigenvalue weighted by Gasteiger charge is -2.32. The van der Waals surface area contributed by atoms with E-state index in [1.54, 1.807) is 18.5 Å². The van der Waals surface area contributed by atoms with Gasteiger partial charge in [0.2, 0.25) is 6.79 Å². The molecule has 0 spiro atoms. The maximum absolute atomic E-state index is 14.6. The standard InChI is InChI=1S/C29H30FNO4/c30-26-10-8-21(16-25(26)27(32)7-3-4-20-12-14-31-15-13-20)24-6-2-1-5-22(24)18-33-23-9-11-28-29(17-23)35-19-34-28/h8-17,22,24H,1-7,18-19H2/t22-,24-/m0/s1. The zero-order chi connectivity index (χ0) is 24.0. The molecule has 1 fully saturated rings. The first-order valence-electron chi connectivity index (χ1n) is 12.4. The summed E-state index contributed by atoms with van der Waals surface area (Å²) in [5.41, 5.74) is 2.37. The molecule has 1 saturated carbocycles. The quantitative estimate of drug-likeness (QED) is 0.330. The highest BCUT2D eigenvalue weighted by Gasteiger charge is 2.28. The van der Waals surface area contributed by atoms with Crippen molar-refractivity contribution in [2.24, 2.45) is 5.92 Å². The van der Waals surface area contributed by atoms with Gasteiger partial charge in [-0.25, -0.2) is 4.39 Å². The van der Waals surface area contributed by atoms with E-state index >= 15 is 0 Å². The zero-order valence-electron chi connectivity index (χ0n) is 19.8. The molecule has 2 aliphatic rings.